The Bertz CT molecular complexity index is 1020. The molecule has 2 aromatic heterocycles. The van der Waals surface area contributed by atoms with Gasteiger partial charge in [0.15, 0.2) is 6.10 Å². The van der Waals surface area contributed by atoms with Gasteiger partial charge in [-0.25, -0.2) is 9.78 Å². The van der Waals surface area contributed by atoms with Crippen molar-refractivity contribution in [3.8, 4) is 0 Å². The number of esters is 1. The molecular formula is C19H17ClN2O4. The summed E-state index contributed by atoms with van der Waals surface area (Å²) in [5.41, 5.74) is 2.18. The zero-order chi connectivity index (χ0) is 18.7. The van der Waals surface area contributed by atoms with Crippen LogP contribution in [0.15, 0.2) is 53.5 Å². The van der Waals surface area contributed by atoms with Crippen LogP contribution in [0, 0.1) is 6.92 Å². The molecule has 0 radical (unpaired) electrons. The number of aliphatic hydroxyl groups excluding tert-OH is 1. The van der Waals surface area contributed by atoms with Gasteiger partial charge in [0.05, 0.1) is 5.69 Å². The summed E-state index contributed by atoms with van der Waals surface area (Å²) in [5, 5.41) is 10.5. The second kappa shape index (κ2) is 7.68. The van der Waals surface area contributed by atoms with Crippen LogP contribution in [0.5, 0.6) is 0 Å². The van der Waals surface area contributed by atoms with E-state index in [0.29, 0.717) is 16.4 Å². The smallest absolute Gasteiger partial charge is 0.335 e. The zero-order valence-corrected chi connectivity index (χ0v) is 14.8. The largest absolute Gasteiger partial charge is 0.457 e. The van der Waals surface area contributed by atoms with Crippen molar-refractivity contribution in [2.24, 2.45) is 0 Å². The van der Waals surface area contributed by atoms with Gasteiger partial charge in [0.1, 0.15) is 12.3 Å². The monoisotopic (exact) mass is 372 g/mol. The lowest BCUT2D eigenvalue weighted by molar-refractivity contribution is -0.154. The molecule has 1 atom stereocenters. The fraction of sp³-hybridized carbons (Fsp3) is 0.211. The van der Waals surface area contributed by atoms with E-state index in [1.165, 1.54) is 10.5 Å². The average Bonchev–Trinajstić information content (AvgIpc) is 2.60. The SMILES string of the molecule is Cc1ccc2nc(COC(=O)C(O)Cc3cccc(Cl)c3)cc(=O)n2c1. The molecule has 6 nitrogen and oxygen atoms in total. The maximum Gasteiger partial charge on any atom is 0.335 e. The Morgan fingerprint density at radius 3 is 2.88 bits per heavy atom. The molecule has 1 aromatic carbocycles. The molecule has 3 aromatic rings. The number of ether oxygens (including phenoxy) is 1. The molecule has 0 aliphatic rings. The molecule has 0 fully saturated rings. The Hall–Kier alpha value is -2.70. The maximum atomic E-state index is 12.1. The summed E-state index contributed by atoms with van der Waals surface area (Å²) in [4.78, 5) is 28.4. The van der Waals surface area contributed by atoms with Crippen molar-refractivity contribution in [2.75, 3.05) is 0 Å². The molecule has 26 heavy (non-hydrogen) atoms. The summed E-state index contributed by atoms with van der Waals surface area (Å²) in [7, 11) is 0. The lowest BCUT2D eigenvalue weighted by atomic mass is 10.1. The minimum absolute atomic E-state index is 0.0898. The number of pyridine rings is 1. The van der Waals surface area contributed by atoms with E-state index < -0.39 is 12.1 Å². The molecule has 1 N–H and O–H groups in total. The van der Waals surface area contributed by atoms with Crippen molar-refractivity contribution in [2.45, 2.75) is 26.1 Å². The van der Waals surface area contributed by atoms with Crippen LogP contribution in [0.2, 0.25) is 5.02 Å². The molecule has 0 saturated heterocycles. The van der Waals surface area contributed by atoms with Crippen LogP contribution < -0.4 is 5.56 Å². The van der Waals surface area contributed by atoms with Gasteiger partial charge >= 0.3 is 5.97 Å². The molecule has 0 aliphatic heterocycles. The molecule has 0 spiro atoms. The van der Waals surface area contributed by atoms with Crippen LogP contribution in [0.25, 0.3) is 5.65 Å². The Balaban J connectivity index is 1.66. The van der Waals surface area contributed by atoms with Crippen LogP contribution in [-0.4, -0.2) is 26.6 Å². The zero-order valence-electron chi connectivity index (χ0n) is 14.1. The first-order chi connectivity index (χ1) is 12.4. The van der Waals surface area contributed by atoms with Crippen molar-refractivity contribution in [1.82, 2.24) is 9.38 Å². The predicted octanol–water partition coefficient (Wildman–Crippen LogP) is 2.30. The van der Waals surface area contributed by atoms with E-state index in [2.05, 4.69) is 4.98 Å². The van der Waals surface area contributed by atoms with Crippen molar-refractivity contribution >= 4 is 23.2 Å². The van der Waals surface area contributed by atoms with E-state index in [1.54, 1.807) is 36.5 Å². The molecule has 0 saturated carbocycles. The van der Waals surface area contributed by atoms with Crippen LogP contribution >= 0.6 is 11.6 Å². The van der Waals surface area contributed by atoms with Crippen LogP contribution in [0.3, 0.4) is 0 Å². The van der Waals surface area contributed by atoms with Gasteiger partial charge < -0.3 is 9.84 Å². The Morgan fingerprint density at radius 1 is 1.31 bits per heavy atom. The second-order valence-electron chi connectivity index (χ2n) is 5.98. The number of aromatic nitrogens is 2. The van der Waals surface area contributed by atoms with Gasteiger partial charge in [-0.15, -0.1) is 0 Å². The van der Waals surface area contributed by atoms with Crippen molar-refractivity contribution in [3.63, 3.8) is 0 Å². The highest BCUT2D eigenvalue weighted by molar-refractivity contribution is 6.30. The molecule has 0 bridgehead atoms. The third kappa shape index (κ3) is 4.28. The number of carbonyl (C=O) groups is 1. The van der Waals surface area contributed by atoms with E-state index in [-0.39, 0.29) is 18.6 Å². The lowest BCUT2D eigenvalue weighted by Crippen LogP contribution is -2.26. The van der Waals surface area contributed by atoms with E-state index in [0.717, 1.165) is 11.1 Å². The third-order valence-electron chi connectivity index (χ3n) is 3.81. The quantitative estimate of drug-likeness (QED) is 0.695. The van der Waals surface area contributed by atoms with Crippen LogP contribution in [0.1, 0.15) is 16.8 Å². The highest BCUT2D eigenvalue weighted by Gasteiger charge is 2.18. The number of halogens is 1. The molecule has 0 aliphatic carbocycles. The van der Waals surface area contributed by atoms with Gasteiger partial charge in [0.25, 0.3) is 5.56 Å². The summed E-state index contributed by atoms with van der Waals surface area (Å²) in [6.07, 6.45) is 0.458. The topological polar surface area (TPSA) is 80.9 Å². The first kappa shape index (κ1) is 18.1. The van der Waals surface area contributed by atoms with Crippen molar-refractivity contribution in [3.05, 3.63) is 80.9 Å². The molecule has 0 amide bonds. The average molecular weight is 373 g/mol. The Kier molecular flexibility index (Phi) is 5.35. The van der Waals surface area contributed by atoms with Crippen molar-refractivity contribution in [1.29, 1.82) is 0 Å². The molecule has 3 rings (SSSR count). The van der Waals surface area contributed by atoms with Crippen LogP contribution in [0.4, 0.5) is 0 Å². The van der Waals surface area contributed by atoms with Gasteiger partial charge in [0, 0.05) is 23.7 Å². The number of nitrogens with zero attached hydrogens (tertiary/aromatic N) is 2. The van der Waals surface area contributed by atoms with Gasteiger partial charge in [-0.05, 0) is 36.2 Å². The molecular weight excluding hydrogens is 356 g/mol. The van der Waals surface area contributed by atoms with E-state index >= 15 is 0 Å². The minimum atomic E-state index is -1.32. The highest BCUT2D eigenvalue weighted by Crippen LogP contribution is 2.13. The fourth-order valence-electron chi connectivity index (χ4n) is 2.54. The number of hydrogen-bond acceptors (Lipinski definition) is 5. The van der Waals surface area contributed by atoms with Gasteiger partial charge in [-0.3, -0.25) is 9.20 Å². The number of benzene rings is 1. The molecule has 2 heterocycles. The molecule has 1 unspecified atom stereocenters. The third-order valence-corrected chi connectivity index (χ3v) is 4.05. The normalized spacial score (nSPS) is 12.1. The van der Waals surface area contributed by atoms with Gasteiger partial charge in [-0.2, -0.15) is 0 Å². The first-order valence-corrected chi connectivity index (χ1v) is 8.38. The van der Waals surface area contributed by atoms with Gasteiger partial charge in [0.2, 0.25) is 0 Å². The minimum Gasteiger partial charge on any atom is -0.457 e. The fourth-order valence-corrected chi connectivity index (χ4v) is 2.76. The number of carbonyl (C=O) groups excluding carboxylic acids is 1. The summed E-state index contributed by atoms with van der Waals surface area (Å²) < 4.78 is 6.51. The van der Waals surface area contributed by atoms with Crippen LogP contribution in [-0.2, 0) is 22.6 Å². The highest BCUT2D eigenvalue weighted by atomic mass is 35.5. The van der Waals surface area contributed by atoms with E-state index in [4.69, 9.17) is 16.3 Å². The van der Waals surface area contributed by atoms with Gasteiger partial charge in [-0.1, -0.05) is 29.8 Å². The second-order valence-corrected chi connectivity index (χ2v) is 6.41. The molecule has 134 valence electrons. The predicted molar refractivity (Wildman–Crippen MR) is 97.2 cm³/mol. The maximum absolute atomic E-state index is 12.1. The van der Waals surface area contributed by atoms with E-state index in [9.17, 15) is 14.7 Å². The number of hydrogen-bond donors (Lipinski definition) is 1. The summed E-state index contributed by atoms with van der Waals surface area (Å²) in [5.74, 6) is -0.782. The van der Waals surface area contributed by atoms with Crippen molar-refractivity contribution < 1.29 is 14.6 Å². The lowest BCUT2D eigenvalue weighted by Gasteiger charge is -2.11. The Morgan fingerprint density at radius 2 is 2.12 bits per heavy atom. The number of aryl methyl sites for hydroxylation is 1. The number of fused-ring (bicyclic) bond motifs is 1. The number of rotatable bonds is 5. The summed E-state index contributed by atoms with van der Waals surface area (Å²) in [6, 6.07) is 11.7. The first-order valence-electron chi connectivity index (χ1n) is 8.00. The standard InChI is InChI=1S/C19H17ClN2O4/c1-12-5-6-17-21-15(9-18(24)22(17)10-12)11-26-19(25)16(23)8-13-3-2-4-14(20)7-13/h2-7,9-10,16,23H,8,11H2,1H3. The molecule has 7 heteroatoms. The summed E-state index contributed by atoms with van der Waals surface area (Å²) >= 11 is 5.88. The van der Waals surface area contributed by atoms with E-state index in [1.807, 2.05) is 13.0 Å². The number of aliphatic hydroxyl groups is 1. The summed E-state index contributed by atoms with van der Waals surface area (Å²) in [6.45, 7) is 1.69. The Labute approximate surface area is 154 Å².